The number of alkyl halides is 4. The monoisotopic (exact) mass is 154 g/mol. The molecule has 2 atom stereocenters. The van der Waals surface area contributed by atoms with Gasteiger partial charge in [0.1, 0.15) is 0 Å². The van der Waals surface area contributed by atoms with Crippen LogP contribution in [0.25, 0.3) is 0 Å². The highest BCUT2D eigenvalue weighted by atomic mass is 19.3. The molecule has 0 amide bonds. The van der Waals surface area contributed by atoms with Gasteiger partial charge in [-0.3, -0.25) is 0 Å². The van der Waals surface area contributed by atoms with Crippen molar-refractivity contribution in [2.75, 3.05) is 0 Å². The first kappa shape index (κ1) is 6.43. The van der Waals surface area contributed by atoms with Gasteiger partial charge in [0.25, 0.3) is 0 Å². The second-order valence-corrected chi connectivity index (χ2v) is 3.16. The molecule has 0 nitrogen and oxygen atoms in total. The lowest BCUT2D eigenvalue weighted by atomic mass is 9.90. The largest absolute Gasteiger partial charge is 0.314 e. The van der Waals surface area contributed by atoms with E-state index in [2.05, 4.69) is 0 Å². The van der Waals surface area contributed by atoms with Crippen molar-refractivity contribution in [2.45, 2.75) is 18.8 Å². The van der Waals surface area contributed by atoms with Gasteiger partial charge in [-0.15, -0.1) is 0 Å². The zero-order chi connectivity index (χ0) is 7.73. The van der Waals surface area contributed by atoms with E-state index in [1.807, 2.05) is 0 Å². The number of hydrogen-bond acceptors (Lipinski definition) is 0. The molecule has 0 heterocycles. The second kappa shape index (κ2) is 1.21. The average Bonchev–Trinajstić information content (AvgIpc) is 2.40. The van der Waals surface area contributed by atoms with E-state index >= 15 is 0 Å². The first-order valence-electron chi connectivity index (χ1n) is 3.16. The lowest BCUT2D eigenvalue weighted by molar-refractivity contribution is -0.285. The van der Waals surface area contributed by atoms with Gasteiger partial charge in [0.05, 0.1) is 0 Å². The molecular formula is C6H6F4. The number of rotatable bonds is 0. The van der Waals surface area contributed by atoms with E-state index in [0.717, 1.165) is 0 Å². The Morgan fingerprint density at radius 1 is 0.900 bits per heavy atom. The van der Waals surface area contributed by atoms with Crippen molar-refractivity contribution in [3.8, 4) is 0 Å². The fourth-order valence-electron chi connectivity index (χ4n) is 1.92. The summed E-state index contributed by atoms with van der Waals surface area (Å²) >= 11 is 0. The van der Waals surface area contributed by atoms with Crippen LogP contribution in [0.5, 0.6) is 0 Å². The van der Waals surface area contributed by atoms with E-state index in [9.17, 15) is 17.6 Å². The van der Waals surface area contributed by atoms with Crippen LogP contribution in [0.2, 0.25) is 0 Å². The van der Waals surface area contributed by atoms with Gasteiger partial charge in [-0.1, -0.05) is 6.92 Å². The summed E-state index contributed by atoms with van der Waals surface area (Å²) in [5, 5.41) is 0. The Kier molecular flexibility index (Phi) is 0.779. The highest BCUT2D eigenvalue weighted by Crippen LogP contribution is 2.76. The topological polar surface area (TPSA) is 0 Å². The summed E-state index contributed by atoms with van der Waals surface area (Å²) in [4.78, 5) is 0. The minimum absolute atomic E-state index is 0.481. The molecule has 2 rings (SSSR count). The van der Waals surface area contributed by atoms with Gasteiger partial charge in [0.2, 0.25) is 0 Å². The molecule has 2 saturated carbocycles. The summed E-state index contributed by atoms with van der Waals surface area (Å²) < 4.78 is 49.0. The first-order valence-corrected chi connectivity index (χ1v) is 3.16. The Balaban J connectivity index is 2.28. The predicted octanol–water partition coefficient (Wildman–Crippen LogP) is 2.15. The summed E-state index contributed by atoms with van der Waals surface area (Å²) in [5.41, 5.74) is 0. The quantitative estimate of drug-likeness (QED) is 0.469. The second-order valence-electron chi connectivity index (χ2n) is 3.16. The molecule has 4 heteroatoms. The highest BCUT2D eigenvalue weighted by molar-refractivity contribution is 5.24. The van der Waals surface area contributed by atoms with Gasteiger partial charge < -0.3 is 0 Å². The van der Waals surface area contributed by atoms with E-state index in [0.29, 0.717) is 0 Å². The normalized spacial score (nSPS) is 53.1. The third-order valence-corrected chi connectivity index (χ3v) is 2.66. The van der Waals surface area contributed by atoms with Crippen LogP contribution in [-0.2, 0) is 0 Å². The maximum Gasteiger partial charge on any atom is 0.314 e. The molecule has 0 radical (unpaired) electrons. The molecule has 0 aromatic carbocycles. The van der Waals surface area contributed by atoms with Crippen molar-refractivity contribution in [1.82, 2.24) is 0 Å². The minimum atomic E-state index is -3.71. The van der Waals surface area contributed by atoms with E-state index in [1.165, 1.54) is 6.92 Å². The first-order chi connectivity index (χ1) is 4.40. The summed E-state index contributed by atoms with van der Waals surface area (Å²) in [6.45, 7) is 1.45. The van der Waals surface area contributed by atoms with Crippen molar-refractivity contribution in [1.29, 1.82) is 0 Å². The molecule has 58 valence electrons. The van der Waals surface area contributed by atoms with Crippen LogP contribution in [-0.4, -0.2) is 11.8 Å². The number of fused-ring (bicyclic) bond motifs is 1. The van der Waals surface area contributed by atoms with Gasteiger partial charge in [0, 0.05) is 11.8 Å². The maximum atomic E-state index is 12.3. The van der Waals surface area contributed by atoms with Crippen molar-refractivity contribution in [2.24, 2.45) is 17.8 Å². The number of halogens is 4. The molecule has 0 aromatic heterocycles. The van der Waals surface area contributed by atoms with Gasteiger partial charge in [-0.2, -0.15) is 17.6 Å². The van der Waals surface area contributed by atoms with Gasteiger partial charge in [-0.25, -0.2) is 0 Å². The van der Waals surface area contributed by atoms with Gasteiger partial charge in [-0.05, 0) is 5.92 Å². The summed E-state index contributed by atoms with van der Waals surface area (Å²) in [6, 6.07) is 0. The third kappa shape index (κ3) is 0.369. The molecule has 10 heavy (non-hydrogen) atoms. The summed E-state index contributed by atoms with van der Waals surface area (Å²) in [7, 11) is 0. The Hall–Kier alpha value is -0.280. The fourth-order valence-corrected chi connectivity index (χ4v) is 1.92. The van der Waals surface area contributed by atoms with Crippen LogP contribution >= 0.6 is 0 Å². The van der Waals surface area contributed by atoms with Crippen LogP contribution in [0.1, 0.15) is 6.92 Å². The maximum absolute atomic E-state index is 12.3. The third-order valence-electron chi connectivity index (χ3n) is 2.66. The molecule has 2 unspecified atom stereocenters. The fraction of sp³-hybridized carbons (Fsp3) is 1.00. The molecule has 0 aliphatic heterocycles. The predicted molar refractivity (Wildman–Crippen MR) is 26.0 cm³/mol. The SMILES string of the molecule is CC1C2C1C(F)(F)C2(F)F. The molecule has 0 saturated heterocycles. The molecule has 0 N–H and O–H groups in total. The molecule has 0 bridgehead atoms. The van der Waals surface area contributed by atoms with Crippen molar-refractivity contribution in [3.05, 3.63) is 0 Å². The van der Waals surface area contributed by atoms with Crippen LogP contribution in [0, 0.1) is 17.8 Å². The smallest absolute Gasteiger partial charge is 0.200 e. The lowest BCUT2D eigenvalue weighted by Gasteiger charge is -2.34. The minimum Gasteiger partial charge on any atom is -0.200 e. The van der Waals surface area contributed by atoms with Crippen LogP contribution < -0.4 is 0 Å². The van der Waals surface area contributed by atoms with E-state index in [1.54, 1.807) is 0 Å². The number of hydrogen-bond donors (Lipinski definition) is 0. The van der Waals surface area contributed by atoms with Crippen LogP contribution in [0.15, 0.2) is 0 Å². The molecular weight excluding hydrogens is 148 g/mol. The average molecular weight is 154 g/mol. The van der Waals surface area contributed by atoms with Gasteiger partial charge >= 0.3 is 11.8 Å². The summed E-state index contributed by atoms with van der Waals surface area (Å²) in [6.07, 6.45) is 0. The molecule has 2 aliphatic rings. The molecule has 2 fully saturated rings. The highest BCUT2D eigenvalue weighted by Gasteiger charge is 2.90. The van der Waals surface area contributed by atoms with Crippen molar-refractivity contribution in [3.63, 3.8) is 0 Å². The van der Waals surface area contributed by atoms with Crippen LogP contribution in [0.3, 0.4) is 0 Å². The van der Waals surface area contributed by atoms with Gasteiger partial charge in [0.15, 0.2) is 0 Å². The van der Waals surface area contributed by atoms with E-state index in [-0.39, 0.29) is 0 Å². The zero-order valence-corrected chi connectivity index (χ0v) is 5.24. The Morgan fingerprint density at radius 2 is 1.20 bits per heavy atom. The molecule has 0 spiro atoms. The standard InChI is InChI=1S/C6H6F4/c1-2-3-4(2)6(9,10)5(3,7)8/h2-4H,1H3. The molecule has 2 aliphatic carbocycles. The van der Waals surface area contributed by atoms with E-state index < -0.39 is 29.6 Å². The Bertz CT molecular complexity index is 166. The Labute approximate surface area is 55.2 Å². The zero-order valence-electron chi connectivity index (χ0n) is 5.24. The molecule has 0 aromatic rings. The van der Waals surface area contributed by atoms with E-state index in [4.69, 9.17) is 0 Å². The lowest BCUT2D eigenvalue weighted by Crippen LogP contribution is -2.53. The van der Waals surface area contributed by atoms with Crippen molar-refractivity contribution < 1.29 is 17.6 Å². The summed E-state index contributed by atoms with van der Waals surface area (Å²) in [5.74, 6) is -9.95. The van der Waals surface area contributed by atoms with Crippen molar-refractivity contribution >= 4 is 0 Å². The van der Waals surface area contributed by atoms with Crippen LogP contribution in [0.4, 0.5) is 17.6 Å². The Morgan fingerprint density at radius 3 is 1.30 bits per heavy atom.